The lowest BCUT2D eigenvalue weighted by molar-refractivity contribution is 0.0455. The first-order valence-electron chi connectivity index (χ1n) is 10.1. The molecule has 1 N–H and O–H groups in total. The number of nitriles is 1. The van der Waals surface area contributed by atoms with Crippen molar-refractivity contribution in [3.8, 4) is 6.07 Å². The Balaban J connectivity index is 2.05. The molecule has 0 saturated heterocycles. The molecule has 1 unspecified atom stereocenters. The third kappa shape index (κ3) is 5.91. The van der Waals surface area contributed by atoms with Crippen molar-refractivity contribution in [2.24, 2.45) is 0 Å². The second-order valence-electron chi connectivity index (χ2n) is 7.43. The fraction of sp³-hybridized carbons (Fsp3) is 0.261. The van der Waals surface area contributed by atoms with Crippen LogP contribution in [0.4, 0.5) is 37.5 Å². The van der Waals surface area contributed by atoms with Gasteiger partial charge in [-0.25, -0.2) is 23.8 Å². The van der Waals surface area contributed by atoms with Crippen LogP contribution in [0.5, 0.6) is 0 Å². The minimum atomic E-state index is -0.827. The molecule has 1 aromatic heterocycles. The second-order valence-corrected chi connectivity index (χ2v) is 7.43. The van der Waals surface area contributed by atoms with E-state index in [0.29, 0.717) is 11.5 Å². The van der Waals surface area contributed by atoms with Gasteiger partial charge in [-0.3, -0.25) is 4.84 Å². The molecule has 0 amide bonds. The molecule has 10 heteroatoms. The van der Waals surface area contributed by atoms with Gasteiger partial charge in [0.15, 0.2) is 5.82 Å². The van der Waals surface area contributed by atoms with Crippen LogP contribution < -0.4 is 14.9 Å². The molecule has 8 nitrogen and oxygen atoms in total. The standard InChI is InChI=1S/C23H24F2N6O2/c1-16(32)14-33-31(19-6-4-5-18(12-19)29(2)3)23-13-22(27-15-28-23)30(10-9-26)21-8-7-17(24)11-20(21)25/h4-8,11-13,15-16,32H,10,14H2,1-3H3. The SMILES string of the molecule is CC(O)CON(c1cccc(N(C)C)c1)c1cc(N(CC#N)c2ccc(F)cc2F)ncn1. The molecule has 0 spiro atoms. The van der Waals surface area contributed by atoms with Crippen LogP contribution in [0, 0.1) is 23.0 Å². The highest BCUT2D eigenvalue weighted by atomic mass is 19.1. The first-order chi connectivity index (χ1) is 15.8. The minimum absolute atomic E-state index is 0.00588. The Labute approximate surface area is 190 Å². The van der Waals surface area contributed by atoms with Gasteiger partial charge in [-0.05, 0) is 37.3 Å². The van der Waals surface area contributed by atoms with E-state index in [0.717, 1.165) is 17.8 Å². The predicted octanol–water partition coefficient (Wildman–Crippen LogP) is 3.93. The molecule has 0 bridgehead atoms. The van der Waals surface area contributed by atoms with Crippen molar-refractivity contribution in [1.82, 2.24) is 9.97 Å². The maximum atomic E-state index is 14.5. The van der Waals surface area contributed by atoms with Crippen molar-refractivity contribution < 1.29 is 18.7 Å². The Morgan fingerprint density at radius 1 is 1.06 bits per heavy atom. The van der Waals surface area contributed by atoms with Crippen molar-refractivity contribution in [2.45, 2.75) is 13.0 Å². The molecular weight excluding hydrogens is 430 g/mol. The molecule has 0 fully saturated rings. The number of halogens is 2. The Morgan fingerprint density at radius 2 is 1.79 bits per heavy atom. The fourth-order valence-electron chi connectivity index (χ4n) is 3.01. The number of nitrogens with zero attached hydrogens (tertiary/aromatic N) is 6. The Morgan fingerprint density at radius 3 is 2.45 bits per heavy atom. The van der Waals surface area contributed by atoms with Crippen LogP contribution in [-0.4, -0.2) is 48.4 Å². The third-order valence-corrected chi connectivity index (χ3v) is 4.58. The molecule has 0 aliphatic heterocycles. The average molecular weight is 454 g/mol. The van der Waals surface area contributed by atoms with E-state index in [1.165, 1.54) is 28.4 Å². The van der Waals surface area contributed by atoms with Crippen LogP contribution in [0.3, 0.4) is 0 Å². The van der Waals surface area contributed by atoms with Crippen molar-refractivity contribution in [3.05, 3.63) is 66.5 Å². The molecule has 0 aliphatic rings. The smallest absolute Gasteiger partial charge is 0.163 e. The molecular formula is C23H24F2N6O2. The molecule has 172 valence electrons. The van der Waals surface area contributed by atoms with E-state index in [2.05, 4.69) is 9.97 Å². The number of hydrogen-bond acceptors (Lipinski definition) is 8. The summed E-state index contributed by atoms with van der Waals surface area (Å²) in [5, 5.41) is 20.5. The number of hydrogen-bond donors (Lipinski definition) is 1. The Bertz CT molecular complexity index is 1140. The van der Waals surface area contributed by atoms with Gasteiger partial charge in [-0.2, -0.15) is 5.26 Å². The van der Waals surface area contributed by atoms with Gasteiger partial charge in [0.05, 0.1) is 23.5 Å². The zero-order valence-electron chi connectivity index (χ0n) is 18.5. The van der Waals surface area contributed by atoms with Crippen LogP contribution in [0.15, 0.2) is 54.9 Å². The van der Waals surface area contributed by atoms with E-state index in [4.69, 9.17) is 4.84 Å². The van der Waals surface area contributed by atoms with Gasteiger partial charge in [0, 0.05) is 31.9 Å². The van der Waals surface area contributed by atoms with E-state index in [1.807, 2.05) is 49.3 Å². The lowest BCUT2D eigenvalue weighted by Crippen LogP contribution is -2.25. The van der Waals surface area contributed by atoms with E-state index in [9.17, 15) is 19.1 Å². The van der Waals surface area contributed by atoms with Crippen LogP contribution in [0.25, 0.3) is 0 Å². The Hall–Kier alpha value is -3.81. The highest BCUT2D eigenvalue weighted by Crippen LogP contribution is 2.32. The minimum Gasteiger partial charge on any atom is -0.391 e. The molecule has 0 radical (unpaired) electrons. The van der Waals surface area contributed by atoms with E-state index < -0.39 is 17.7 Å². The molecule has 33 heavy (non-hydrogen) atoms. The summed E-state index contributed by atoms with van der Waals surface area (Å²) in [7, 11) is 3.81. The average Bonchev–Trinajstić information content (AvgIpc) is 2.78. The molecule has 0 aliphatic carbocycles. The van der Waals surface area contributed by atoms with E-state index in [1.54, 1.807) is 6.92 Å². The van der Waals surface area contributed by atoms with Gasteiger partial charge in [0.25, 0.3) is 0 Å². The van der Waals surface area contributed by atoms with Crippen LogP contribution in [0.2, 0.25) is 0 Å². The number of aliphatic hydroxyl groups excluding tert-OH is 1. The normalized spacial score (nSPS) is 11.5. The van der Waals surface area contributed by atoms with Crippen LogP contribution >= 0.6 is 0 Å². The maximum Gasteiger partial charge on any atom is 0.163 e. The summed E-state index contributed by atoms with van der Waals surface area (Å²) in [6.45, 7) is 1.34. The molecule has 2 aromatic carbocycles. The fourth-order valence-corrected chi connectivity index (χ4v) is 3.01. The number of anilines is 5. The lowest BCUT2D eigenvalue weighted by Gasteiger charge is -2.26. The lowest BCUT2D eigenvalue weighted by atomic mass is 10.2. The molecule has 3 rings (SSSR count). The topological polar surface area (TPSA) is 88.8 Å². The number of aliphatic hydroxyl groups is 1. The summed E-state index contributed by atoms with van der Waals surface area (Å²) in [5.74, 6) is -1.05. The van der Waals surface area contributed by atoms with Crippen molar-refractivity contribution >= 4 is 28.7 Å². The Kier molecular flexibility index (Phi) is 7.71. The maximum absolute atomic E-state index is 14.5. The highest BCUT2D eigenvalue weighted by molar-refractivity contribution is 5.68. The second kappa shape index (κ2) is 10.7. The van der Waals surface area contributed by atoms with E-state index >= 15 is 0 Å². The molecule has 3 aromatic rings. The van der Waals surface area contributed by atoms with Gasteiger partial charge >= 0.3 is 0 Å². The summed E-state index contributed by atoms with van der Waals surface area (Å²) in [6.07, 6.45) is 0.514. The monoisotopic (exact) mass is 454 g/mol. The van der Waals surface area contributed by atoms with Crippen molar-refractivity contribution in [1.29, 1.82) is 5.26 Å². The van der Waals surface area contributed by atoms with E-state index in [-0.39, 0.29) is 24.7 Å². The molecule has 1 atom stereocenters. The predicted molar refractivity (Wildman–Crippen MR) is 122 cm³/mol. The van der Waals surface area contributed by atoms with Gasteiger partial charge < -0.3 is 14.9 Å². The summed E-state index contributed by atoms with van der Waals surface area (Å²) >= 11 is 0. The number of benzene rings is 2. The number of rotatable bonds is 9. The van der Waals surface area contributed by atoms with Gasteiger partial charge in [0.1, 0.15) is 36.9 Å². The van der Waals surface area contributed by atoms with Crippen LogP contribution in [0.1, 0.15) is 6.92 Å². The zero-order chi connectivity index (χ0) is 24.0. The van der Waals surface area contributed by atoms with Gasteiger partial charge in [0.2, 0.25) is 0 Å². The summed E-state index contributed by atoms with van der Waals surface area (Å²) in [5.41, 5.74) is 1.53. The molecule has 1 heterocycles. The largest absolute Gasteiger partial charge is 0.391 e. The molecule has 0 saturated carbocycles. The van der Waals surface area contributed by atoms with Gasteiger partial charge in [-0.1, -0.05) is 6.07 Å². The number of aromatic nitrogens is 2. The third-order valence-electron chi connectivity index (χ3n) is 4.58. The zero-order valence-corrected chi connectivity index (χ0v) is 18.5. The first-order valence-corrected chi connectivity index (χ1v) is 10.1. The van der Waals surface area contributed by atoms with Gasteiger partial charge in [-0.15, -0.1) is 0 Å². The first kappa shape index (κ1) is 23.8. The van der Waals surface area contributed by atoms with Crippen molar-refractivity contribution in [3.63, 3.8) is 0 Å². The summed E-state index contributed by atoms with van der Waals surface area (Å²) in [4.78, 5) is 17.5. The van der Waals surface area contributed by atoms with Crippen LogP contribution in [-0.2, 0) is 4.84 Å². The van der Waals surface area contributed by atoms with Crippen molar-refractivity contribution in [2.75, 3.05) is 42.1 Å². The summed E-state index contributed by atoms with van der Waals surface area (Å²) < 4.78 is 27.9. The quantitative estimate of drug-likeness (QED) is 0.384. The summed E-state index contributed by atoms with van der Waals surface area (Å²) in [6, 6.07) is 14.0. The highest BCUT2D eigenvalue weighted by Gasteiger charge is 2.20.